The summed E-state index contributed by atoms with van der Waals surface area (Å²) >= 11 is 3.92. The minimum Gasteiger partial charge on any atom is -0.461 e. The number of ether oxygens (including phenoxy) is 1. The molecule has 82 valence electrons. The zero-order chi connectivity index (χ0) is 10.4. The number of carbonyl (C=O) groups excluding carboxylic acids is 1. The van der Waals surface area contributed by atoms with Crippen LogP contribution in [0.4, 0.5) is 0 Å². The Balaban J connectivity index is 2.24. The standard InChI is InChI=1S/C9H17NO2S2/c1-7(10-14-13)9(11)12-8-5-3-2-4-6-8/h7-8,10,13H,2-6H2,1H3/t7-/m0/s1. The quantitative estimate of drug-likeness (QED) is 0.339. The Kier molecular flexibility index (Phi) is 5.74. The van der Waals surface area contributed by atoms with Crippen molar-refractivity contribution in [2.75, 3.05) is 0 Å². The monoisotopic (exact) mass is 235 g/mol. The second-order valence-electron chi connectivity index (χ2n) is 3.63. The van der Waals surface area contributed by atoms with Gasteiger partial charge in [0.2, 0.25) is 0 Å². The van der Waals surface area contributed by atoms with Gasteiger partial charge in [0.05, 0.1) is 0 Å². The molecule has 0 radical (unpaired) electrons. The normalized spacial score (nSPS) is 20.4. The summed E-state index contributed by atoms with van der Waals surface area (Å²) in [6.45, 7) is 1.79. The summed E-state index contributed by atoms with van der Waals surface area (Å²) in [6.07, 6.45) is 5.82. The summed E-state index contributed by atoms with van der Waals surface area (Å²) in [6, 6.07) is -0.278. The third kappa shape index (κ3) is 4.11. The van der Waals surface area contributed by atoms with Crippen LogP contribution in [0, 0.1) is 0 Å². The molecular weight excluding hydrogens is 218 g/mol. The Morgan fingerprint density at radius 1 is 1.50 bits per heavy atom. The van der Waals surface area contributed by atoms with Gasteiger partial charge >= 0.3 is 5.97 Å². The number of esters is 1. The molecular formula is C9H17NO2S2. The molecule has 1 fully saturated rings. The largest absolute Gasteiger partial charge is 0.461 e. The molecule has 0 bridgehead atoms. The van der Waals surface area contributed by atoms with Gasteiger partial charge in [-0.1, -0.05) is 18.1 Å². The molecule has 0 saturated heterocycles. The van der Waals surface area contributed by atoms with Crippen LogP contribution in [0.2, 0.25) is 0 Å². The fourth-order valence-electron chi connectivity index (χ4n) is 1.58. The van der Waals surface area contributed by atoms with E-state index < -0.39 is 0 Å². The maximum Gasteiger partial charge on any atom is 0.324 e. The first-order valence-electron chi connectivity index (χ1n) is 5.00. The lowest BCUT2D eigenvalue weighted by molar-refractivity contribution is -0.152. The Hall–Kier alpha value is 0.130. The van der Waals surface area contributed by atoms with Crippen LogP contribution < -0.4 is 4.72 Å². The van der Waals surface area contributed by atoms with Crippen molar-refractivity contribution in [1.82, 2.24) is 4.72 Å². The van der Waals surface area contributed by atoms with Crippen LogP contribution >= 0.6 is 22.6 Å². The Morgan fingerprint density at radius 3 is 2.71 bits per heavy atom. The van der Waals surface area contributed by atoms with E-state index in [0.717, 1.165) is 23.8 Å². The van der Waals surface area contributed by atoms with Crippen LogP contribution in [0.15, 0.2) is 0 Å². The van der Waals surface area contributed by atoms with E-state index in [2.05, 4.69) is 16.4 Å². The predicted octanol–water partition coefficient (Wildman–Crippen LogP) is 2.33. The van der Waals surface area contributed by atoms with Crippen molar-refractivity contribution in [3.8, 4) is 0 Å². The summed E-state index contributed by atoms with van der Waals surface area (Å²) in [4.78, 5) is 11.5. The molecule has 0 aromatic heterocycles. The number of carbonyl (C=O) groups is 1. The molecule has 1 rings (SSSR count). The fourth-order valence-corrected chi connectivity index (χ4v) is 2.31. The van der Waals surface area contributed by atoms with Crippen molar-refractivity contribution in [2.45, 2.75) is 51.2 Å². The van der Waals surface area contributed by atoms with Gasteiger partial charge in [-0.25, -0.2) is 4.72 Å². The molecule has 0 amide bonds. The van der Waals surface area contributed by atoms with Crippen LogP contribution in [0.3, 0.4) is 0 Å². The summed E-state index contributed by atoms with van der Waals surface area (Å²) in [5.41, 5.74) is 0. The third-order valence-corrected chi connectivity index (χ3v) is 3.19. The minimum atomic E-state index is -0.278. The first-order chi connectivity index (χ1) is 6.74. The van der Waals surface area contributed by atoms with Gasteiger partial charge in [-0.05, 0) is 43.6 Å². The van der Waals surface area contributed by atoms with Gasteiger partial charge in [0, 0.05) is 0 Å². The van der Waals surface area contributed by atoms with Crippen LogP contribution in [0.1, 0.15) is 39.0 Å². The second kappa shape index (κ2) is 6.58. The van der Waals surface area contributed by atoms with Crippen molar-refractivity contribution in [3.05, 3.63) is 0 Å². The molecule has 0 aliphatic heterocycles. The predicted molar refractivity (Wildman–Crippen MR) is 62.1 cm³/mol. The maximum absolute atomic E-state index is 11.5. The number of hydrogen-bond acceptors (Lipinski definition) is 5. The van der Waals surface area contributed by atoms with Crippen LogP contribution in [0.25, 0.3) is 0 Å². The van der Waals surface area contributed by atoms with E-state index in [1.54, 1.807) is 6.92 Å². The van der Waals surface area contributed by atoms with Crippen molar-refractivity contribution < 1.29 is 9.53 Å². The first-order valence-corrected chi connectivity index (χ1v) is 6.87. The summed E-state index contributed by atoms with van der Waals surface area (Å²) in [5.74, 6) is -0.168. The Morgan fingerprint density at radius 2 is 2.14 bits per heavy atom. The highest BCUT2D eigenvalue weighted by Crippen LogP contribution is 2.20. The number of rotatable bonds is 4. The van der Waals surface area contributed by atoms with Gasteiger partial charge in [0.25, 0.3) is 0 Å². The van der Waals surface area contributed by atoms with Gasteiger partial charge in [0.1, 0.15) is 12.1 Å². The molecule has 0 heterocycles. The van der Waals surface area contributed by atoms with E-state index in [9.17, 15) is 4.79 Å². The third-order valence-electron chi connectivity index (χ3n) is 2.42. The van der Waals surface area contributed by atoms with Gasteiger partial charge < -0.3 is 4.74 Å². The van der Waals surface area contributed by atoms with Crippen LogP contribution in [0.5, 0.6) is 0 Å². The van der Waals surface area contributed by atoms with Crippen LogP contribution in [-0.4, -0.2) is 18.1 Å². The van der Waals surface area contributed by atoms with E-state index in [0.29, 0.717) is 0 Å². The summed E-state index contributed by atoms with van der Waals surface area (Å²) in [7, 11) is 1.14. The number of thiol groups is 1. The zero-order valence-corrected chi connectivity index (χ0v) is 10.1. The molecule has 0 aromatic rings. The zero-order valence-electron chi connectivity index (χ0n) is 8.36. The molecule has 3 nitrogen and oxygen atoms in total. The summed E-state index contributed by atoms with van der Waals surface area (Å²) in [5, 5.41) is 0. The first kappa shape index (κ1) is 12.2. The van der Waals surface area contributed by atoms with Gasteiger partial charge in [-0.2, -0.15) is 0 Å². The lowest BCUT2D eigenvalue weighted by atomic mass is 9.98. The van der Waals surface area contributed by atoms with Gasteiger partial charge in [-0.3, -0.25) is 4.79 Å². The molecule has 1 aliphatic rings. The number of hydrogen-bond donors (Lipinski definition) is 2. The van der Waals surface area contributed by atoms with Crippen molar-refractivity contribution >= 4 is 28.6 Å². The van der Waals surface area contributed by atoms with E-state index in [-0.39, 0.29) is 18.1 Å². The molecule has 0 spiro atoms. The molecule has 1 N–H and O–H groups in total. The van der Waals surface area contributed by atoms with Gasteiger partial charge in [0.15, 0.2) is 0 Å². The highest BCUT2D eigenvalue weighted by molar-refractivity contribution is 8.67. The Labute approximate surface area is 94.3 Å². The van der Waals surface area contributed by atoms with E-state index in [4.69, 9.17) is 4.74 Å². The van der Waals surface area contributed by atoms with Crippen molar-refractivity contribution in [3.63, 3.8) is 0 Å². The van der Waals surface area contributed by atoms with Gasteiger partial charge in [-0.15, -0.1) is 0 Å². The SMILES string of the molecule is C[C@H](NSS)C(=O)OC1CCCCC1. The number of nitrogens with one attached hydrogen (secondary N) is 1. The lowest BCUT2D eigenvalue weighted by Crippen LogP contribution is -2.34. The maximum atomic E-state index is 11.5. The molecule has 1 atom stereocenters. The molecule has 5 heteroatoms. The second-order valence-corrected chi connectivity index (χ2v) is 4.59. The van der Waals surface area contributed by atoms with E-state index >= 15 is 0 Å². The molecule has 14 heavy (non-hydrogen) atoms. The molecule has 0 unspecified atom stereocenters. The minimum absolute atomic E-state index is 0.144. The fraction of sp³-hybridized carbons (Fsp3) is 0.889. The van der Waals surface area contributed by atoms with Crippen molar-refractivity contribution in [1.29, 1.82) is 0 Å². The summed E-state index contributed by atoms with van der Waals surface area (Å²) < 4.78 is 8.20. The molecule has 1 aliphatic carbocycles. The van der Waals surface area contributed by atoms with Crippen molar-refractivity contribution in [2.24, 2.45) is 0 Å². The highest BCUT2D eigenvalue weighted by Gasteiger charge is 2.21. The topological polar surface area (TPSA) is 38.3 Å². The smallest absolute Gasteiger partial charge is 0.324 e. The lowest BCUT2D eigenvalue weighted by Gasteiger charge is -2.23. The molecule has 0 aromatic carbocycles. The highest BCUT2D eigenvalue weighted by atomic mass is 33.1. The van der Waals surface area contributed by atoms with Crippen LogP contribution in [-0.2, 0) is 9.53 Å². The average Bonchev–Trinajstić information content (AvgIpc) is 2.19. The van der Waals surface area contributed by atoms with E-state index in [1.807, 2.05) is 0 Å². The van der Waals surface area contributed by atoms with E-state index in [1.165, 1.54) is 19.3 Å². The average molecular weight is 235 g/mol. The molecule has 1 saturated carbocycles. The Bertz CT molecular complexity index is 184.